The second-order valence-corrected chi connectivity index (χ2v) is 27.7. The molecule has 8 nitrogen and oxygen atoms in total. The molecule has 510 valence electrons. The van der Waals surface area contributed by atoms with E-state index >= 15 is 0 Å². The number of phosphoric ester groups is 1. The molecule has 3 atom stereocenters. The highest BCUT2D eigenvalue weighted by Crippen LogP contribution is 2.43. The van der Waals surface area contributed by atoms with E-state index in [1.807, 2.05) is 27.2 Å². The van der Waals surface area contributed by atoms with Crippen molar-refractivity contribution in [3.8, 4) is 0 Å². The van der Waals surface area contributed by atoms with Gasteiger partial charge in [-0.05, 0) is 89.9 Å². The molecular weight excluding hydrogens is 1100 g/mol. The minimum Gasteiger partial charge on any atom is -0.387 e. The molecule has 0 rings (SSSR count). The van der Waals surface area contributed by atoms with Crippen LogP contribution >= 0.6 is 7.82 Å². The summed E-state index contributed by atoms with van der Waals surface area (Å²) in [6.07, 6.45) is 101. The summed E-state index contributed by atoms with van der Waals surface area (Å²) in [6, 6.07) is -0.870. The Hall–Kier alpha value is -2.84. The number of carbonyl (C=O) groups is 1. The van der Waals surface area contributed by atoms with E-state index in [9.17, 15) is 19.4 Å². The van der Waals surface area contributed by atoms with Crippen LogP contribution in [0.5, 0.6) is 0 Å². The molecule has 88 heavy (non-hydrogen) atoms. The molecule has 0 bridgehead atoms. The van der Waals surface area contributed by atoms with Crippen molar-refractivity contribution in [2.75, 3.05) is 40.9 Å². The van der Waals surface area contributed by atoms with Gasteiger partial charge in [-0.15, -0.1) is 0 Å². The zero-order valence-electron chi connectivity index (χ0n) is 58.4. The molecule has 0 fully saturated rings. The lowest BCUT2D eigenvalue weighted by molar-refractivity contribution is -0.870. The number of unbranched alkanes of at least 4 members (excludes halogenated alkanes) is 39. The van der Waals surface area contributed by atoms with Crippen molar-refractivity contribution in [1.82, 2.24) is 5.32 Å². The van der Waals surface area contributed by atoms with E-state index < -0.39 is 20.0 Å². The molecule has 0 aliphatic rings. The number of aliphatic hydroxyl groups excluding tert-OH is 1. The van der Waals surface area contributed by atoms with Crippen molar-refractivity contribution in [1.29, 1.82) is 0 Å². The molecule has 0 aliphatic heterocycles. The van der Waals surface area contributed by atoms with Crippen LogP contribution in [-0.4, -0.2) is 73.4 Å². The van der Waals surface area contributed by atoms with E-state index in [4.69, 9.17) is 9.05 Å². The van der Waals surface area contributed by atoms with Gasteiger partial charge >= 0.3 is 7.82 Å². The Bertz CT molecular complexity index is 1810. The Morgan fingerprint density at radius 1 is 0.398 bits per heavy atom. The van der Waals surface area contributed by atoms with Gasteiger partial charge in [-0.3, -0.25) is 13.8 Å². The maximum atomic E-state index is 13.1. The van der Waals surface area contributed by atoms with Crippen LogP contribution in [0.3, 0.4) is 0 Å². The number of likely N-dealkylation sites (N-methyl/N-ethyl adjacent to an activating group) is 1. The molecule has 0 radical (unpaired) electrons. The first-order valence-electron chi connectivity index (χ1n) is 37.3. The second-order valence-electron chi connectivity index (χ2n) is 26.3. The van der Waals surface area contributed by atoms with Gasteiger partial charge in [-0.1, -0.05) is 348 Å². The molecule has 9 heteroatoms. The van der Waals surface area contributed by atoms with Gasteiger partial charge in [0.05, 0.1) is 39.9 Å². The van der Waals surface area contributed by atoms with Crippen LogP contribution in [0.1, 0.15) is 335 Å². The largest absolute Gasteiger partial charge is 0.472 e. The second kappa shape index (κ2) is 68.5. The van der Waals surface area contributed by atoms with E-state index in [1.165, 1.54) is 231 Å². The predicted octanol–water partition coefficient (Wildman–Crippen LogP) is 24.2. The van der Waals surface area contributed by atoms with Gasteiger partial charge in [-0.25, -0.2) is 4.57 Å². The van der Waals surface area contributed by atoms with Gasteiger partial charge in [0.25, 0.3) is 0 Å². The number of amides is 1. The highest BCUT2D eigenvalue weighted by molar-refractivity contribution is 7.47. The topological polar surface area (TPSA) is 105 Å². The molecule has 3 N–H and O–H groups in total. The monoisotopic (exact) mass is 1250 g/mol. The van der Waals surface area contributed by atoms with Crippen LogP contribution in [0.25, 0.3) is 0 Å². The number of nitrogens with one attached hydrogen (secondary N) is 1. The molecule has 1 amide bonds. The number of hydrogen-bond donors (Lipinski definition) is 3. The minimum atomic E-state index is -4.37. The fraction of sp³-hybridized carbons (Fsp3) is 0.759. The summed E-state index contributed by atoms with van der Waals surface area (Å²) in [5, 5.41) is 14.0. The first-order valence-corrected chi connectivity index (χ1v) is 38.8. The Morgan fingerprint density at radius 2 is 0.693 bits per heavy atom. The zero-order chi connectivity index (χ0) is 64.1. The molecule has 0 aromatic heterocycles. The number of nitrogens with zero attached hydrogens (tertiary/aromatic N) is 1. The van der Waals surface area contributed by atoms with Gasteiger partial charge in [-0.2, -0.15) is 0 Å². The Morgan fingerprint density at radius 3 is 1.05 bits per heavy atom. The number of hydrogen-bond acceptors (Lipinski definition) is 5. The third-order valence-corrected chi connectivity index (χ3v) is 17.5. The van der Waals surface area contributed by atoms with Crippen molar-refractivity contribution in [3.05, 3.63) is 109 Å². The maximum absolute atomic E-state index is 13.1. The van der Waals surface area contributed by atoms with E-state index in [-0.39, 0.29) is 19.1 Å². The lowest BCUT2D eigenvalue weighted by Gasteiger charge is -2.25. The van der Waals surface area contributed by atoms with Crippen LogP contribution in [0.4, 0.5) is 0 Å². The SMILES string of the molecule is CC/C=C\C/C=C\C/C=C\C/C=C\C/C=C\C/C=C\C/C=C\CCCCCCCCCCCCCCCCCCCC(=O)NC(COP(=O)(O)OCC[N+](C)(C)C)C(O)/C=C/CC/C=C/CCCCCCCCCCCCCCCCCCCCCCC. The summed E-state index contributed by atoms with van der Waals surface area (Å²) in [5.74, 6) is -0.185. The van der Waals surface area contributed by atoms with Crippen molar-refractivity contribution in [3.63, 3.8) is 0 Å². The van der Waals surface area contributed by atoms with E-state index in [2.05, 4.69) is 116 Å². The standard InChI is InChI=1S/C79H143N2O6P/c1-6-8-10-12-14-16-18-20-22-24-26-28-30-32-34-35-36-37-38-39-40-41-42-43-44-45-47-49-51-53-55-57-59-61-63-65-67-69-71-73-79(83)80-77(76-87-88(84,85)86-75-74-81(3,4)5)78(82)72-70-68-66-64-62-60-58-56-54-52-50-48-46-33-31-29-27-25-23-21-19-17-15-13-11-9-7-2/h8,10,14,16,20,22,26,28,32,34,36-37,39-40,62,64,70,72,77-78,82H,6-7,9,11-13,15,17-19,21,23-25,27,29-31,33,35,38,41-61,63,65-69,71,73-76H2,1-5H3,(H-,80,83,84,85)/p+1/b10-8-,16-14-,22-20-,28-26-,34-32-,37-36-,40-39-,64-62+,72-70+. The number of quaternary nitrogens is 1. The number of carbonyl (C=O) groups excluding carboxylic acids is 1. The predicted molar refractivity (Wildman–Crippen MR) is 387 cm³/mol. The lowest BCUT2D eigenvalue weighted by atomic mass is 10.0. The maximum Gasteiger partial charge on any atom is 0.472 e. The van der Waals surface area contributed by atoms with Crippen molar-refractivity contribution in [2.24, 2.45) is 0 Å². The number of rotatable bonds is 68. The third-order valence-electron chi connectivity index (χ3n) is 16.5. The normalized spacial score (nSPS) is 14.2. The third kappa shape index (κ3) is 70.6. The fourth-order valence-corrected chi connectivity index (χ4v) is 11.5. The highest BCUT2D eigenvalue weighted by atomic mass is 31.2. The minimum absolute atomic E-state index is 0.0538. The summed E-state index contributed by atoms with van der Waals surface area (Å²) in [4.78, 5) is 23.5. The van der Waals surface area contributed by atoms with E-state index in [0.29, 0.717) is 17.4 Å². The Kier molecular flexibility index (Phi) is 66.3. The highest BCUT2D eigenvalue weighted by Gasteiger charge is 2.28. The molecular formula is C79H144N2O6P+. The summed E-state index contributed by atoms with van der Waals surface area (Å²) in [6.45, 7) is 4.71. The average molecular weight is 1250 g/mol. The molecule has 0 saturated carbocycles. The van der Waals surface area contributed by atoms with Crippen LogP contribution in [0.2, 0.25) is 0 Å². The molecule has 0 aliphatic carbocycles. The quantitative estimate of drug-likeness (QED) is 0.0243. The summed E-state index contributed by atoms with van der Waals surface area (Å²) < 4.78 is 23.8. The summed E-state index contributed by atoms with van der Waals surface area (Å²) >= 11 is 0. The van der Waals surface area contributed by atoms with Crippen molar-refractivity contribution in [2.45, 2.75) is 347 Å². The van der Waals surface area contributed by atoms with Crippen molar-refractivity contribution >= 4 is 13.7 Å². The number of aliphatic hydroxyl groups is 1. The van der Waals surface area contributed by atoms with Gasteiger partial charge in [0, 0.05) is 6.42 Å². The number of allylic oxidation sites excluding steroid dienone is 17. The van der Waals surface area contributed by atoms with Crippen LogP contribution in [0.15, 0.2) is 109 Å². The number of phosphoric acid groups is 1. The fourth-order valence-electron chi connectivity index (χ4n) is 10.7. The molecule has 0 heterocycles. The van der Waals surface area contributed by atoms with Gasteiger partial charge in [0.1, 0.15) is 13.2 Å². The summed E-state index contributed by atoms with van der Waals surface area (Å²) in [7, 11) is 1.56. The van der Waals surface area contributed by atoms with Crippen LogP contribution in [0, 0.1) is 0 Å². The van der Waals surface area contributed by atoms with Crippen LogP contribution < -0.4 is 5.32 Å². The average Bonchev–Trinajstić information content (AvgIpc) is 3.70. The summed E-state index contributed by atoms with van der Waals surface area (Å²) in [5.41, 5.74) is 0. The molecule has 0 spiro atoms. The zero-order valence-corrected chi connectivity index (χ0v) is 59.3. The van der Waals surface area contributed by atoms with Gasteiger partial charge in [0.15, 0.2) is 0 Å². The Balaban J connectivity index is 4.05. The van der Waals surface area contributed by atoms with Gasteiger partial charge in [0.2, 0.25) is 5.91 Å². The first-order chi connectivity index (χ1) is 43.0. The lowest BCUT2D eigenvalue weighted by Crippen LogP contribution is -2.45. The van der Waals surface area contributed by atoms with E-state index in [1.54, 1.807) is 6.08 Å². The first kappa shape index (κ1) is 85.2. The molecule has 0 saturated heterocycles. The van der Waals surface area contributed by atoms with E-state index in [0.717, 1.165) is 83.5 Å². The molecule has 0 aromatic carbocycles. The van der Waals surface area contributed by atoms with Crippen molar-refractivity contribution < 1.29 is 32.9 Å². The molecule has 0 aromatic rings. The smallest absolute Gasteiger partial charge is 0.387 e. The van der Waals surface area contributed by atoms with Gasteiger partial charge < -0.3 is 19.8 Å². The Labute approximate surface area is 546 Å². The van der Waals surface area contributed by atoms with Crippen LogP contribution in [-0.2, 0) is 18.4 Å². The molecule has 3 unspecified atom stereocenters.